The van der Waals surface area contributed by atoms with Crippen LogP contribution in [0.5, 0.6) is 0 Å². The van der Waals surface area contributed by atoms with Gasteiger partial charge in [-0.3, -0.25) is 4.79 Å². The van der Waals surface area contributed by atoms with Gasteiger partial charge in [-0.25, -0.2) is 4.79 Å². The minimum atomic E-state index is -0.973. The molecule has 1 heterocycles. The third-order valence-electron chi connectivity index (χ3n) is 3.63. The fraction of sp³-hybridized carbons (Fsp3) is 0.500. The minimum Gasteiger partial charge on any atom is -0.478 e. The van der Waals surface area contributed by atoms with Crippen LogP contribution in [0.4, 0.5) is 0 Å². The molecular weight excluding hydrogens is 270 g/mol. The number of carbonyl (C=O) groups excluding carboxylic acids is 1. The molecule has 1 fully saturated rings. The quantitative estimate of drug-likeness (QED) is 0.900. The summed E-state index contributed by atoms with van der Waals surface area (Å²) in [5.74, 6) is -0.944. The van der Waals surface area contributed by atoms with Gasteiger partial charge in [-0.05, 0) is 24.1 Å². The number of morpholine rings is 1. The number of carboxylic acid groups (broad SMARTS) is 1. The van der Waals surface area contributed by atoms with Crippen LogP contribution in [0.15, 0.2) is 24.3 Å². The van der Waals surface area contributed by atoms with E-state index in [1.165, 1.54) is 6.07 Å². The van der Waals surface area contributed by atoms with Gasteiger partial charge < -0.3 is 14.7 Å². The van der Waals surface area contributed by atoms with Crippen molar-refractivity contribution in [1.82, 2.24) is 4.90 Å². The Morgan fingerprint density at radius 3 is 2.95 bits per heavy atom. The highest BCUT2D eigenvalue weighted by Crippen LogP contribution is 2.13. The Bertz CT molecular complexity index is 513. The monoisotopic (exact) mass is 291 g/mol. The van der Waals surface area contributed by atoms with Crippen molar-refractivity contribution in [1.29, 1.82) is 0 Å². The van der Waals surface area contributed by atoms with Gasteiger partial charge >= 0.3 is 5.97 Å². The summed E-state index contributed by atoms with van der Waals surface area (Å²) in [4.78, 5) is 25.1. The third-order valence-corrected chi connectivity index (χ3v) is 3.63. The van der Waals surface area contributed by atoms with Gasteiger partial charge in [0.25, 0.3) is 0 Å². The Kier molecular flexibility index (Phi) is 5.33. The lowest BCUT2D eigenvalue weighted by Gasteiger charge is -2.33. The zero-order valence-electron chi connectivity index (χ0n) is 12.2. The van der Waals surface area contributed by atoms with Gasteiger partial charge in [0, 0.05) is 13.1 Å². The van der Waals surface area contributed by atoms with E-state index in [4.69, 9.17) is 9.84 Å². The number of hydrogen-bond donors (Lipinski definition) is 1. The van der Waals surface area contributed by atoms with Gasteiger partial charge in [0.2, 0.25) is 5.91 Å². The molecule has 0 radical (unpaired) electrons. The lowest BCUT2D eigenvalue weighted by atomic mass is 10.1. The van der Waals surface area contributed by atoms with Crippen LogP contribution in [0, 0.1) is 0 Å². The molecule has 1 amide bonds. The molecule has 1 saturated heterocycles. The minimum absolute atomic E-state index is 0.0296. The van der Waals surface area contributed by atoms with Crippen molar-refractivity contribution in [2.24, 2.45) is 0 Å². The van der Waals surface area contributed by atoms with Crippen molar-refractivity contribution in [3.05, 3.63) is 35.4 Å². The summed E-state index contributed by atoms with van der Waals surface area (Å²) in [6.45, 7) is 3.91. The maximum Gasteiger partial charge on any atom is 0.335 e. The maximum atomic E-state index is 12.3. The average Bonchev–Trinajstić information content (AvgIpc) is 2.48. The molecule has 1 aromatic carbocycles. The maximum absolute atomic E-state index is 12.3. The van der Waals surface area contributed by atoms with E-state index in [0.29, 0.717) is 19.7 Å². The molecule has 1 atom stereocenters. The van der Waals surface area contributed by atoms with E-state index in [9.17, 15) is 9.59 Å². The number of nitrogens with zero attached hydrogens (tertiary/aromatic N) is 1. The molecule has 114 valence electrons. The molecule has 1 aromatic rings. The smallest absolute Gasteiger partial charge is 0.335 e. The van der Waals surface area contributed by atoms with Gasteiger partial charge in [-0.15, -0.1) is 0 Å². The molecule has 0 bridgehead atoms. The summed E-state index contributed by atoms with van der Waals surface area (Å²) in [6, 6.07) is 6.55. The standard InChI is InChI=1S/C16H21NO4/c1-2-4-14-11-17(7-8-21-14)15(18)10-12-5-3-6-13(9-12)16(19)20/h3,5-6,9,14H,2,4,7-8,10-11H2,1H3,(H,19,20). The van der Waals surface area contributed by atoms with Crippen LogP contribution in [0.1, 0.15) is 35.7 Å². The Balaban J connectivity index is 1.97. The van der Waals surface area contributed by atoms with Crippen LogP contribution in [0.25, 0.3) is 0 Å². The van der Waals surface area contributed by atoms with Gasteiger partial charge in [-0.1, -0.05) is 25.5 Å². The number of carbonyl (C=O) groups is 2. The molecule has 1 aliphatic heterocycles. The lowest BCUT2D eigenvalue weighted by molar-refractivity contribution is -0.138. The second-order valence-electron chi connectivity index (χ2n) is 5.30. The number of benzene rings is 1. The molecule has 0 aliphatic carbocycles. The largest absolute Gasteiger partial charge is 0.478 e. The third kappa shape index (κ3) is 4.29. The van der Waals surface area contributed by atoms with Crippen molar-refractivity contribution in [3.63, 3.8) is 0 Å². The van der Waals surface area contributed by atoms with E-state index in [0.717, 1.165) is 18.4 Å². The molecular formula is C16H21NO4. The van der Waals surface area contributed by atoms with Crippen LogP contribution in [-0.2, 0) is 16.0 Å². The second-order valence-corrected chi connectivity index (χ2v) is 5.30. The Morgan fingerprint density at radius 2 is 2.24 bits per heavy atom. The molecule has 0 aromatic heterocycles. The number of hydrogen-bond acceptors (Lipinski definition) is 3. The van der Waals surface area contributed by atoms with Crippen molar-refractivity contribution >= 4 is 11.9 Å². The van der Waals surface area contributed by atoms with E-state index in [-0.39, 0.29) is 24.0 Å². The van der Waals surface area contributed by atoms with Crippen molar-refractivity contribution in [3.8, 4) is 0 Å². The molecule has 5 nitrogen and oxygen atoms in total. The van der Waals surface area contributed by atoms with E-state index < -0.39 is 5.97 Å². The highest BCUT2D eigenvalue weighted by Gasteiger charge is 2.23. The van der Waals surface area contributed by atoms with E-state index in [1.54, 1.807) is 18.2 Å². The summed E-state index contributed by atoms with van der Waals surface area (Å²) in [6.07, 6.45) is 2.35. The lowest BCUT2D eigenvalue weighted by Crippen LogP contribution is -2.46. The number of rotatable bonds is 5. The van der Waals surface area contributed by atoms with E-state index in [2.05, 4.69) is 6.92 Å². The summed E-state index contributed by atoms with van der Waals surface area (Å²) in [7, 11) is 0. The molecule has 2 rings (SSSR count). The summed E-state index contributed by atoms with van der Waals surface area (Å²) < 4.78 is 5.63. The zero-order chi connectivity index (χ0) is 15.2. The molecule has 21 heavy (non-hydrogen) atoms. The predicted octanol–water partition coefficient (Wildman–Crippen LogP) is 1.95. The first-order valence-corrected chi connectivity index (χ1v) is 7.31. The molecule has 1 aliphatic rings. The summed E-state index contributed by atoms with van der Waals surface area (Å²) in [5, 5.41) is 8.97. The van der Waals surface area contributed by atoms with Crippen LogP contribution < -0.4 is 0 Å². The Hall–Kier alpha value is -1.88. The first-order chi connectivity index (χ1) is 10.1. The van der Waals surface area contributed by atoms with Crippen molar-refractivity contribution in [2.75, 3.05) is 19.7 Å². The second kappa shape index (κ2) is 7.22. The normalized spacial score (nSPS) is 18.5. The van der Waals surface area contributed by atoms with Crippen molar-refractivity contribution < 1.29 is 19.4 Å². The number of amides is 1. The fourth-order valence-corrected chi connectivity index (χ4v) is 2.54. The van der Waals surface area contributed by atoms with Crippen LogP contribution >= 0.6 is 0 Å². The van der Waals surface area contributed by atoms with E-state index >= 15 is 0 Å². The van der Waals surface area contributed by atoms with E-state index in [1.807, 2.05) is 4.90 Å². The molecule has 1 unspecified atom stereocenters. The van der Waals surface area contributed by atoms with Gasteiger partial charge in [0.05, 0.1) is 24.7 Å². The van der Waals surface area contributed by atoms with Gasteiger partial charge in [0.1, 0.15) is 0 Å². The molecule has 0 saturated carbocycles. The van der Waals surface area contributed by atoms with Gasteiger partial charge in [0.15, 0.2) is 0 Å². The highest BCUT2D eigenvalue weighted by molar-refractivity contribution is 5.88. The van der Waals surface area contributed by atoms with Crippen LogP contribution in [0.2, 0.25) is 0 Å². The average molecular weight is 291 g/mol. The highest BCUT2D eigenvalue weighted by atomic mass is 16.5. The van der Waals surface area contributed by atoms with Crippen LogP contribution in [0.3, 0.4) is 0 Å². The van der Waals surface area contributed by atoms with Crippen LogP contribution in [-0.4, -0.2) is 47.7 Å². The van der Waals surface area contributed by atoms with Gasteiger partial charge in [-0.2, -0.15) is 0 Å². The Labute approximate surface area is 124 Å². The molecule has 0 spiro atoms. The fourth-order valence-electron chi connectivity index (χ4n) is 2.54. The number of aromatic carboxylic acids is 1. The summed E-state index contributed by atoms with van der Waals surface area (Å²) >= 11 is 0. The zero-order valence-corrected chi connectivity index (χ0v) is 12.2. The topological polar surface area (TPSA) is 66.8 Å². The van der Waals surface area contributed by atoms with Crippen molar-refractivity contribution in [2.45, 2.75) is 32.3 Å². The first kappa shape index (κ1) is 15.5. The first-order valence-electron chi connectivity index (χ1n) is 7.31. The number of carboxylic acids is 1. The number of ether oxygens (including phenoxy) is 1. The Morgan fingerprint density at radius 1 is 1.43 bits per heavy atom. The predicted molar refractivity (Wildman–Crippen MR) is 78.3 cm³/mol. The molecule has 1 N–H and O–H groups in total. The summed E-state index contributed by atoms with van der Waals surface area (Å²) in [5.41, 5.74) is 0.949. The SMILES string of the molecule is CCCC1CN(C(=O)Cc2cccc(C(=O)O)c2)CCO1. The molecule has 5 heteroatoms.